The monoisotopic (exact) mass is 214 g/mol. The molecule has 3 nitrogen and oxygen atoms in total. The van der Waals surface area contributed by atoms with Gasteiger partial charge >= 0.3 is 0 Å². The summed E-state index contributed by atoms with van der Waals surface area (Å²) < 4.78 is 1.89. The lowest BCUT2D eigenvalue weighted by Gasteiger charge is -2.03. The van der Waals surface area contributed by atoms with Gasteiger partial charge in [0, 0.05) is 11.6 Å². The molecule has 1 fully saturated rings. The summed E-state index contributed by atoms with van der Waals surface area (Å²) in [6.07, 6.45) is 5.12. The van der Waals surface area contributed by atoms with Crippen molar-refractivity contribution < 1.29 is 4.79 Å². The largest absolute Gasteiger partial charge is 0.297 e. The first-order chi connectivity index (χ1) is 7.64. The molecule has 0 aromatic carbocycles. The molecule has 2 aromatic rings. The Labute approximate surface area is 94.1 Å². The average molecular weight is 214 g/mol. The van der Waals surface area contributed by atoms with Crippen LogP contribution in [0.3, 0.4) is 0 Å². The lowest BCUT2D eigenvalue weighted by atomic mass is 10.0. The van der Waals surface area contributed by atoms with Gasteiger partial charge in [-0.2, -0.15) is 0 Å². The highest BCUT2D eigenvalue weighted by Gasteiger charge is 2.43. The third-order valence-corrected chi connectivity index (χ3v) is 3.50. The number of rotatable bonds is 2. The van der Waals surface area contributed by atoms with Crippen molar-refractivity contribution in [2.45, 2.75) is 32.1 Å². The summed E-state index contributed by atoms with van der Waals surface area (Å²) in [6.45, 7) is 4.21. The van der Waals surface area contributed by atoms with E-state index in [2.05, 4.69) is 11.9 Å². The molecule has 0 radical (unpaired) electrons. The van der Waals surface area contributed by atoms with Crippen LogP contribution in [-0.2, 0) is 5.41 Å². The molecule has 3 heteroatoms. The van der Waals surface area contributed by atoms with Crippen LogP contribution < -0.4 is 0 Å². The maximum Gasteiger partial charge on any atom is 0.168 e. The van der Waals surface area contributed by atoms with Crippen LogP contribution in [0.25, 0.3) is 5.65 Å². The molecule has 0 spiro atoms. The number of fused-ring (bicyclic) bond motifs is 1. The number of imidazole rings is 1. The van der Waals surface area contributed by atoms with Crippen molar-refractivity contribution in [2.24, 2.45) is 0 Å². The van der Waals surface area contributed by atoms with E-state index in [1.165, 1.54) is 5.56 Å². The number of hydrogen-bond acceptors (Lipinski definition) is 2. The van der Waals surface area contributed by atoms with Gasteiger partial charge in [0.2, 0.25) is 0 Å². The highest BCUT2D eigenvalue weighted by Crippen LogP contribution is 2.48. The molecule has 16 heavy (non-hydrogen) atoms. The molecule has 82 valence electrons. The van der Waals surface area contributed by atoms with Gasteiger partial charge in [0.05, 0.1) is 5.69 Å². The number of carbonyl (C=O) groups is 1. The van der Waals surface area contributed by atoms with Crippen LogP contribution in [0, 0.1) is 6.92 Å². The van der Waals surface area contributed by atoms with Crippen LogP contribution in [0.5, 0.6) is 0 Å². The predicted molar refractivity (Wildman–Crippen MR) is 61.9 cm³/mol. The standard InChI is InChI=1S/C13H14N2O/c1-9-3-6-15-10(8-16)12(13(2)4-5-13)14-11(15)7-9/h3,6-8H,4-5H2,1-2H3. The molecule has 0 aliphatic heterocycles. The molecule has 0 unspecified atom stereocenters. The fourth-order valence-electron chi connectivity index (χ4n) is 2.15. The summed E-state index contributed by atoms with van der Waals surface area (Å²) in [7, 11) is 0. The molecule has 3 rings (SSSR count). The molecular weight excluding hydrogens is 200 g/mol. The summed E-state index contributed by atoms with van der Waals surface area (Å²) in [5, 5.41) is 0. The Morgan fingerprint density at radius 1 is 1.50 bits per heavy atom. The zero-order valence-electron chi connectivity index (χ0n) is 9.53. The Balaban J connectivity index is 2.32. The molecule has 0 N–H and O–H groups in total. The Morgan fingerprint density at radius 2 is 2.25 bits per heavy atom. The summed E-state index contributed by atoms with van der Waals surface area (Å²) in [5.74, 6) is 0. The number of carbonyl (C=O) groups excluding carboxylic acids is 1. The zero-order valence-corrected chi connectivity index (χ0v) is 9.53. The topological polar surface area (TPSA) is 34.4 Å². The molecule has 0 atom stereocenters. The lowest BCUT2D eigenvalue weighted by molar-refractivity contribution is 0.111. The highest BCUT2D eigenvalue weighted by molar-refractivity contribution is 5.77. The van der Waals surface area contributed by atoms with Crippen LogP contribution in [-0.4, -0.2) is 15.7 Å². The van der Waals surface area contributed by atoms with Crippen LogP contribution in [0.2, 0.25) is 0 Å². The number of aryl methyl sites for hydroxylation is 1. The minimum atomic E-state index is 0.135. The minimum absolute atomic E-state index is 0.135. The van der Waals surface area contributed by atoms with Crippen molar-refractivity contribution in [2.75, 3.05) is 0 Å². The number of aldehydes is 1. The molecule has 2 heterocycles. The van der Waals surface area contributed by atoms with Crippen LogP contribution in [0.4, 0.5) is 0 Å². The van der Waals surface area contributed by atoms with Crippen molar-refractivity contribution in [1.82, 2.24) is 9.38 Å². The molecule has 0 bridgehead atoms. The quantitative estimate of drug-likeness (QED) is 0.720. The summed E-state index contributed by atoms with van der Waals surface area (Å²) in [4.78, 5) is 15.8. The number of aromatic nitrogens is 2. The zero-order chi connectivity index (χ0) is 11.3. The SMILES string of the molecule is Cc1ccn2c(C=O)c(C3(C)CC3)nc2c1. The molecule has 2 aromatic heterocycles. The van der Waals surface area contributed by atoms with Gasteiger partial charge in [0.25, 0.3) is 0 Å². The van der Waals surface area contributed by atoms with Crippen molar-refractivity contribution in [3.63, 3.8) is 0 Å². The second-order valence-corrected chi connectivity index (χ2v) is 4.96. The fourth-order valence-corrected chi connectivity index (χ4v) is 2.15. The van der Waals surface area contributed by atoms with Gasteiger partial charge < -0.3 is 0 Å². The molecule has 1 aliphatic rings. The Morgan fingerprint density at radius 3 is 2.88 bits per heavy atom. The van der Waals surface area contributed by atoms with Crippen molar-refractivity contribution in [3.05, 3.63) is 35.3 Å². The summed E-state index contributed by atoms with van der Waals surface area (Å²) in [6, 6.07) is 4.02. The first-order valence-electron chi connectivity index (χ1n) is 5.58. The number of nitrogens with zero attached hydrogens (tertiary/aromatic N) is 2. The van der Waals surface area contributed by atoms with Crippen LogP contribution >= 0.6 is 0 Å². The Bertz CT molecular complexity index is 579. The van der Waals surface area contributed by atoms with Gasteiger partial charge in [-0.3, -0.25) is 9.20 Å². The molecule has 1 saturated carbocycles. The molecule has 1 aliphatic carbocycles. The van der Waals surface area contributed by atoms with Gasteiger partial charge in [0.15, 0.2) is 6.29 Å². The van der Waals surface area contributed by atoms with E-state index in [-0.39, 0.29) is 5.41 Å². The minimum Gasteiger partial charge on any atom is -0.297 e. The average Bonchev–Trinajstić information content (AvgIpc) is 2.90. The third-order valence-electron chi connectivity index (χ3n) is 3.50. The summed E-state index contributed by atoms with van der Waals surface area (Å²) in [5.41, 5.74) is 3.87. The number of hydrogen-bond donors (Lipinski definition) is 0. The maximum absolute atomic E-state index is 11.2. The van der Waals surface area contributed by atoms with E-state index in [0.717, 1.165) is 36.2 Å². The Hall–Kier alpha value is -1.64. The van der Waals surface area contributed by atoms with E-state index in [1.54, 1.807) is 0 Å². The van der Waals surface area contributed by atoms with Crippen molar-refractivity contribution in [3.8, 4) is 0 Å². The predicted octanol–water partition coefficient (Wildman–Crippen LogP) is 2.51. The molecule has 0 amide bonds. The summed E-state index contributed by atoms with van der Waals surface area (Å²) >= 11 is 0. The second-order valence-electron chi connectivity index (χ2n) is 4.96. The lowest BCUT2D eigenvalue weighted by Crippen LogP contribution is -2.05. The van der Waals surface area contributed by atoms with Gasteiger partial charge in [-0.15, -0.1) is 0 Å². The van der Waals surface area contributed by atoms with Gasteiger partial charge in [-0.25, -0.2) is 4.98 Å². The van der Waals surface area contributed by atoms with Crippen molar-refractivity contribution >= 4 is 11.9 Å². The molecular formula is C13H14N2O. The maximum atomic E-state index is 11.2. The smallest absolute Gasteiger partial charge is 0.168 e. The normalized spacial score (nSPS) is 17.6. The van der Waals surface area contributed by atoms with Gasteiger partial charge in [0.1, 0.15) is 11.3 Å². The molecule has 0 saturated heterocycles. The second kappa shape index (κ2) is 2.94. The third kappa shape index (κ3) is 1.21. The Kier molecular flexibility index (Phi) is 1.76. The van der Waals surface area contributed by atoms with E-state index < -0.39 is 0 Å². The fraction of sp³-hybridized carbons (Fsp3) is 0.385. The van der Waals surface area contributed by atoms with Gasteiger partial charge in [-0.05, 0) is 37.5 Å². The van der Waals surface area contributed by atoms with E-state index >= 15 is 0 Å². The van der Waals surface area contributed by atoms with Crippen LogP contribution in [0.1, 0.15) is 41.5 Å². The van der Waals surface area contributed by atoms with E-state index in [9.17, 15) is 4.79 Å². The highest BCUT2D eigenvalue weighted by atomic mass is 16.1. The van der Waals surface area contributed by atoms with E-state index in [4.69, 9.17) is 0 Å². The van der Waals surface area contributed by atoms with E-state index in [0.29, 0.717) is 0 Å². The van der Waals surface area contributed by atoms with Crippen LogP contribution in [0.15, 0.2) is 18.3 Å². The first kappa shape index (κ1) is 9.58. The van der Waals surface area contributed by atoms with E-state index in [1.807, 2.05) is 29.7 Å². The van der Waals surface area contributed by atoms with Gasteiger partial charge in [-0.1, -0.05) is 6.92 Å². The van der Waals surface area contributed by atoms with Crippen molar-refractivity contribution in [1.29, 1.82) is 0 Å². The first-order valence-corrected chi connectivity index (χ1v) is 5.58. The number of pyridine rings is 1.